The van der Waals surface area contributed by atoms with E-state index in [-0.39, 0.29) is 31.1 Å². The number of rotatable bonds is 48. The number of ether oxygens (including phenoxy) is 3. The Bertz CT molecular complexity index is 887. The lowest BCUT2D eigenvalue weighted by Gasteiger charge is -2.18. The van der Waals surface area contributed by atoms with Gasteiger partial charge in [-0.2, -0.15) is 0 Å². The molecule has 0 saturated heterocycles. The van der Waals surface area contributed by atoms with Crippen LogP contribution in [0.1, 0.15) is 297 Å². The van der Waals surface area contributed by atoms with Crippen LogP contribution < -0.4 is 0 Å². The second-order valence-corrected chi connectivity index (χ2v) is 18.6. The van der Waals surface area contributed by atoms with Crippen LogP contribution in [0.15, 0.2) is 0 Å². The van der Waals surface area contributed by atoms with Crippen LogP contribution in [0.2, 0.25) is 0 Å². The molecular formula is C53H102O6. The number of carbonyl (C=O) groups excluding carboxylic acids is 3. The second-order valence-electron chi connectivity index (χ2n) is 18.6. The molecule has 0 heterocycles. The van der Waals surface area contributed by atoms with Gasteiger partial charge in [-0.25, -0.2) is 0 Å². The number of hydrogen-bond acceptors (Lipinski definition) is 6. The number of hydrogen-bond donors (Lipinski definition) is 0. The molecule has 6 heteroatoms. The highest BCUT2D eigenvalue weighted by molar-refractivity contribution is 5.71. The first kappa shape index (κ1) is 57.4. The molecule has 0 aliphatic rings. The molecule has 350 valence electrons. The first-order valence-corrected chi connectivity index (χ1v) is 26.4. The Morgan fingerprint density at radius 2 is 0.559 bits per heavy atom. The summed E-state index contributed by atoms with van der Waals surface area (Å²) in [6.45, 7) is 9.00. The van der Waals surface area contributed by atoms with Crippen LogP contribution in [0.25, 0.3) is 0 Å². The largest absolute Gasteiger partial charge is 0.462 e. The molecule has 0 aromatic heterocycles. The smallest absolute Gasteiger partial charge is 0.306 e. The van der Waals surface area contributed by atoms with Gasteiger partial charge in [0.15, 0.2) is 6.10 Å². The van der Waals surface area contributed by atoms with Crippen molar-refractivity contribution in [2.75, 3.05) is 13.2 Å². The van der Waals surface area contributed by atoms with Gasteiger partial charge in [0.05, 0.1) is 0 Å². The summed E-state index contributed by atoms with van der Waals surface area (Å²) >= 11 is 0. The lowest BCUT2D eigenvalue weighted by atomic mass is 10.0. The molecule has 0 rings (SSSR count). The number of unbranched alkanes of at least 4 members (excludes halogenated alkanes) is 35. The van der Waals surface area contributed by atoms with Crippen LogP contribution in [0.5, 0.6) is 0 Å². The zero-order valence-corrected chi connectivity index (χ0v) is 40.2. The third-order valence-corrected chi connectivity index (χ3v) is 12.0. The fourth-order valence-electron chi connectivity index (χ4n) is 8.04. The van der Waals surface area contributed by atoms with Crippen LogP contribution >= 0.6 is 0 Å². The summed E-state index contributed by atoms with van der Waals surface area (Å²) in [5.74, 6) is -0.0479. The van der Waals surface area contributed by atoms with Gasteiger partial charge >= 0.3 is 17.9 Å². The van der Waals surface area contributed by atoms with Gasteiger partial charge in [0.25, 0.3) is 0 Å². The quantitative estimate of drug-likeness (QED) is 0.0345. The number of carbonyl (C=O) groups is 3. The molecule has 0 amide bonds. The Morgan fingerprint density at radius 3 is 0.831 bits per heavy atom. The summed E-state index contributed by atoms with van der Waals surface area (Å²) in [7, 11) is 0. The molecule has 0 saturated carbocycles. The molecule has 0 fully saturated rings. The van der Waals surface area contributed by atoms with Crippen LogP contribution in [0.3, 0.4) is 0 Å². The highest BCUT2D eigenvalue weighted by Gasteiger charge is 2.19. The van der Waals surface area contributed by atoms with Gasteiger partial charge in [-0.05, 0) is 25.2 Å². The third-order valence-electron chi connectivity index (χ3n) is 12.0. The predicted molar refractivity (Wildman–Crippen MR) is 252 cm³/mol. The minimum Gasteiger partial charge on any atom is -0.462 e. The summed E-state index contributed by atoms with van der Waals surface area (Å²) in [4.78, 5) is 37.9. The fraction of sp³-hybridized carbons (Fsp3) is 0.943. The maximum absolute atomic E-state index is 12.8. The highest BCUT2D eigenvalue weighted by atomic mass is 16.6. The molecule has 59 heavy (non-hydrogen) atoms. The summed E-state index contributed by atoms with van der Waals surface area (Å²) in [5.41, 5.74) is 0. The van der Waals surface area contributed by atoms with E-state index in [1.165, 1.54) is 193 Å². The maximum Gasteiger partial charge on any atom is 0.306 e. The average Bonchev–Trinajstić information content (AvgIpc) is 3.22. The summed E-state index contributed by atoms with van der Waals surface area (Å²) < 4.78 is 16.8. The molecule has 1 atom stereocenters. The maximum atomic E-state index is 12.8. The Balaban J connectivity index is 4.30. The molecule has 0 aromatic rings. The molecule has 0 N–H and O–H groups in total. The van der Waals surface area contributed by atoms with Crippen LogP contribution in [0.4, 0.5) is 0 Å². The van der Waals surface area contributed by atoms with Crippen molar-refractivity contribution in [1.29, 1.82) is 0 Å². The van der Waals surface area contributed by atoms with Gasteiger partial charge in [0.1, 0.15) is 13.2 Å². The van der Waals surface area contributed by atoms with Gasteiger partial charge in [-0.15, -0.1) is 0 Å². The normalized spacial score (nSPS) is 11.9. The van der Waals surface area contributed by atoms with Crippen molar-refractivity contribution >= 4 is 17.9 Å². The molecule has 0 aliphatic heterocycles. The van der Waals surface area contributed by atoms with Gasteiger partial charge < -0.3 is 14.2 Å². The van der Waals surface area contributed by atoms with E-state index in [0.29, 0.717) is 19.3 Å². The first-order chi connectivity index (χ1) is 28.9. The Hall–Kier alpha value is -1.59. The molecule has 0 aliphatic carbocycles. The van der Waals surface area contributed by atoms with Crippen LogP contribution in [-0.2, 0) is 28.6 Å². The first-order valence-electron chi connectivity index (χ1n) is 26.4. The van der Waals surface area contributed by atoms with Crippen molar-refractivity contribution in [2.24, 2.45) is 5.92 Å². The molecule has 0 radical (unpaired) electrons. The summed E-state index contributed by atoms with van der Waals surface area (Å²) in [6.07, 6.45) is 49.5. The van der Waals surface area contributed by atoms with E-state index >= 15 is 0 Å². The monoisotopic (exact) mass is 835 g/mol. The minimum absolute atomic E-state index is 0.0629. The van der Waals surface area contributed by atoms with E-state index < -0.39 is 6.10 Å². The fourth-order valence-corrected chi connectivity index (χ4v) is 8.04. The van der Waals surface area contributed by atoms with Crippen LogP contribution in [-0.4, -0.2) is 37.2 Å². The molecule has 0 spiro atoms. The van der Waals surface area contributed by atoms with Gasteiger partial charge in [-0.3, -0.25) is 14.4 Å². The van der Waals surface area contributed by atoms with E-state index in [4.69, 9.17) is 14.2 Å². The second kappa shape index (κ2) is 47.5. The van der Waals surface area contributed by atoms with Crippen molar-refractivity contribution in [3.05, 3.63) is 0 Å². The third kappa shape index (κ3) is 47.3. The highest BCUT2D eigenvalue weighted by Crippen LogP contribution is 2.17. The molecule has 0 unspecified atom stereocenters. The average molecular weight is 835 g/mol. The van der Waals surface area contributed by atoms with E-state index in [1.54, 1.807) is 0 Å². The predicted octanol–water partition coefficient (Wildman–Crippen LogP) is 17.1. The molecular weight excluding hydrogens is 733 g/mol. The molecule has 0 aromatic carbocycles. The van der Waals surface area contributed by atoms with Gasteiger partial charge in [-0.1, -0.05) is 259 Å². The van der Waals surface area contributed by atoms with Crippen molar-refractivity contribution in [1.82, 2.24) is 0 Å². The molecule has 0 bridgehead atoms. The van der Waals surface area contributed by atoms with Crippen molar-refractivity contribution in [3.63, 3.8) is 0 Å². The van der Waals surface area contributed by atoms with Crippen molar-refractivity contribution < 1.29 is 28.6 Å². The zero-order valence-electron chi connectivity index (χ0n) is 40.2. The van der Waals surface area contributed by atoms with Crippen molar-refractivity contribution in [3.8, 4) is 0 Å². The Morgan fingerprint density at radius 1 is 0.322 bits per heavy atom. The Labute approximate surface area is 368 Å². The minimum atomic E-state index is -0.761. The summed E-state index contributed by atoms with van der Waals surface area (Å²) in [5, 5.41) is 0. The van der Waals surface area contributed by atoms with Gasteiger partial charge in [0, 0.05) is 19.3 Å². The zero-order chi connectivity index (χ0) is 43.1. The topological polar surface area (TPSA) is 78.9 Å². The Kier molecular flexibility index (Phi) is 46.2. The van der Waals surface area contributed by atoms with Crippen molar-refractivity contribution in [2.45, 2.75) is 303 Å². The van der Waals surface area contributed by atoms with E-state index in [9.17, 15) is 14.4 Å². The standard InChI is InChI=1S/C53H102O6/c1-5-7-9-11-13-15-17-19-21-22-24-26-28-34-38-42-46-53(56)59-50(48-58-52(55)45-41-37-33-30-29-31-35-39-43-49(3)4)47-57-51(54)44-40-36-32-27-25-23-20-18-16-14-12-10-8-6-2/h49-50H,5-48H2,1-4H3/t50-/m1/s1. The molecule has 6 nitrogen and oxygen atoms in total. The number of esters is 3. The summed E-state index contributed by atoms with van der Waals surface area (Å²) in [6, 6.07) is 0. The van der Waals surface area contributed by atoms with E-state index in [0.717, 1.165) is 63.7 Å². The van der Waals surface area contributed by atoms with E-state index in [2.05, 4.69) is 27.7 Å². The lowest BCUT2D eigenvalue weighted by Crippen LogP contribution is -2.30. The van der Waals surface area contributed by atoms with E-state index in [1.807, 2.05) is 0 Å². The van der Waals surface area contributed by atoms with Crippen LogP contribution in [0, 0.1) is 5.92 Å². The SMILES string of the molecule is CCCCCCCCCCCCCCCCCCC(=O)O[C@H](COC(=O)CCCCCCCCCCCCCCCC)COC(=O)CCCCCCCCCCC(C)C. The van der Waals surface area contributed by atoms with Gasteiger partial charge in [0.2, 0.25) is 0 Å². The lowest BCUT2D eigenvalue weighted by molar-refractivity contribution is -0.167.